The van der Waals surface area contributed by atoms with E-state index in [-0.39, 0.29) is 42.6 Å². The van der Waals surface area contributed by atoms with Gasteiger partial charge in [0.1, 0.15) is 5.76 Å². The van der Waals surface area contributed by atoms with E-state index in [2.05, 4.69) is 10.0 Å². The normalized spacial score (nSPS) is 14.0. The summed E-state index contributed by atoms with van der Waals surface area (Å²) in [6.07, 6.45) is 1.91. The molecule has 33 heavy (non-hydrogen) atoms. The molecule has 1 aliphatic rings. The maximum atomic E-state index is 12.6. The molecule has 9 nitrogen and oxygen atoms in total. The number of rotatable bonds is 8. The number of carbonyl (C=O) groups is 3. The Morgan fingerprint density at radius 2 is 1.70 bits per heavy atom. The van der Waals surface area contributed by atoms with Crippen LogP contribution >= 0.6 is 0 Å². The van der Waals surface area contributed by atoms with Crippen LogP contribution in [0.3, 0.4) is 0 Å². The van der Waals surface area contributed by atoms with E-state index in [0.29, 0.717) is 17.0 Å². The minimum Gasteiger partial charge on any atom is -0.468 e. The average Bonchev–Trinajstić information content (AvgIpc) is 3.44. The molecule has 0 spiro atoms. The number of likely N-dealkylation sites (tertiary alicyclic amines) is 1. The highest BCUT2D eigenvalue weighted by molar-refractivity contribution is 7.89. The second-order valence-electron chi connectivity index (χ2n) is 7.46. The fourth-order valence-corrected chi connectivity index (χ4v) is 4.39. The maximum Gasteiger partial charge on any atom is 0.255 e. The predicted molar refractivity (Wildman–Crippen MR) is 118 cm³/mol. The van der Waals surface area contributed by atoms with Gasteiger partial charge in [0.2, 0.25) is 21.8 Å². The third-order valence-electron chi connectivity index (χ3n) is 5.13. The van der Waals surface area contributed by atoms with Crippen molar-refractivity contribution in [3.63, 3.8) is 0 Å². The fraction of sp³-hybridized carbons (Fsp3) is 0.174. The molecule has 170 valence electrons. The number of nitrogens with one attached hydrogen (secondary N) is 2. The highest BCUT2D eigenvalue weighted by Gasteiger charge is 2.28. The zero-order valence-electron chi connectivity index (χ0n) is 17.5. The molecular formula is C23H21N3O6S. The number of benzene rings is 2. The zero-order valence-corrected chi connectivity index (χ0v) is 18.3. The topological polar surface area (TPSA) is 126 Å². The van der Waals surface area contributed by atoms with E-state index >= 15 is 0 Å². The molecule has 0 bridgehead atoms. The van der Waals surface area contributed by atoms with Crippen LogP contribution < -0.4 is 10.0 Å². The Bertz CT molecular complexity index is 1270. The zero-order chi connectivity index (χ0) is 23.4. The van der Waals surface area contributed by atoms with Gasteiger partial charge < -0.3 is 9.73 Å². The molecule has 2 N–H and O–H groups in total. The summed E-state index contributed by atoms with van der Waals surface area (Å²) in [4.78, 5) is 37.3. The number of nitrogens with zero attached hydrogens (tertiary/aromatic N) is 1. The molecule has 10 heteroatoms. The quantitative estimate of drug-likeness (QED) is 0.491. The molecule has 1 fully saturated rings. The van der Waals surface area contributed by atoms with E-state index < -0.39 is 15.9 Å². The first kappa shape index (κ1) is 22.4. The highest BCUT2D eigenvalue weighted by Crippen LogP contribution is 2.19. The molecule has 3 aromatic rings. The Hall–Kier alpha value is -3.76. The van der Waals surface area contributed by atoms with Gasteiger partial charge in [-0.05, 0) is 48.0 Å². The Morgan fingerprint density at radius 3 is 2.36 bits per heavy atom. The molecule has 1 aliphatic heterocycles. The minimum absolute atomic E-state index is 0.00199. The lowest BCUT2D eigenvalue weighted by Gasteiger charge is -2.14. The van der Waals surface area contributed by atoms with Crippen molar-refractivity contribution in [2.24, 2.45) is 0 Å². The molecule has 3 amide bonds. The number of amides is 3. The van der Waals surface area contributed by atoms with Gasteiger partial charge in [-0.1, -0.05) is 18.2 Å². The van der Waals surface area contributed by atoms with Gasteiger partial charge in [0, 0.05) is 24.1 Å². The van der Waals surface area contributed by atoms with Crippen LogP contribution in [0, 0.1) is 0 Å². The molecule has 4 rings (SSSR count). The van der Waals surface area contributed by atoms with Crippen LogP contribution in [0.4, 0.5) is 5.69 Å². The Morgan fingerprint density at radius 1 is 0.970 bits per heavy atom. The van der Waals surface area contributed by atoms with Crippen molar-refractivity contribution in [3.05, 3.63) is 83.8 Å². The summed E-state index contributed by atoms with van der Waals surface area (Å²) in [6, 6.07) is 15.7. The van der Waals surface area contributed by atoms with E-state index in [0.717, 1.165) is 5.56 Å². The summed E-state index contributed by atoms with van der Waals surface area (Å²) in [6.45, 7) is 0.178. The number of furan rings is 1. The summed E-state index contributed by atoms with van der Waals surface area (Å²) in [7, 11) is -3.81. The number of imide groups is 1. The van der Waals surface area contributed by atoms with Crippen molar-refractivity contribution < 1.29 is 27.2 Å². The molecule has 0 unspecified atom stereocenters. The van der Waals surface area contributed by atoms with Crippen LogP contribution in [0.1, 0.15) is 34.5 Å². The molecule has 1 saturated heterocycles. The van der Waals surface area contributed by atoms with Gasteiger partial charge in [-0.15, -0.1) is 0 Å². The summed E-state index contributed by atoms with van der Waals surface area (Å²) < 4.78 is 32.7. The lowest BCUT2D eigenvalue weighted by atomic mass is 10.1. The van der Waals surface area contributed by atoms with Gasteiger partial charge in [-0.2, -0.15) is 0 Å². The molecule has 1 aromatic heterocycles. The van der Waals surface area contributed by atoms with E-state index in [1.54, 1.807) is 42.5 Å². The van der Waals surface area contributed by atoms with E-state index in [1.807, 2.05) is 0 Å². The van der Waals surface area contributed by atoms with Crippen LogP contribution in [0.15, 0.2) is 76.2 Å². The average molecular weight is 468 g/mol. The van der Waals surface area contributed by atoms with Gasteiger partial charge >= 0.3 is 0 Å². The number of sulfonamides is 1. The van der Waals surface area contributed by atoms with Crippen LogP contribution in [-0.2, 0) is 32.7 Å². The monoisotopic (exact) mass is 467 g/mol. The first-order chi connectivity index (χ1) is 15.8. The number of hydrogen-bond donors (Lipinski definition) is 2. The van der Waals surface area contributed by atoms with Gasteiger partial charge in [0.05, 0.1) is 24.2 Å². The molecule has 0 radical (unpaired) electrons. The number of carbonyl (C=O) groups excluding carboxylic acids is 3. The van der Waals surface area contributed by atoms with Crippen molar-refractivity contribution in [1.29, 1.82) is 0 Å². The first-order valence-corrected chi connectivity index (χ1v) is 11.7. The van der Waals surface area contributed by atoms with Crippen molar-refractivity contribution in [2.75, 3.05) is 5.32 Å². The van der Waals surface area contributed by atoms with Crippen molar-refractivity contribution in [2.45, 2.75) is 30.8 Å². The van der Waals surface area contributed by atoms with E-state index in [4.69, 9.17) is 4.42 Å². The minimum atomic E-state index is -3.81. The summed E-state index contributed by atoms with van der Waals surface area (Å²) in [5, 5.41) is 2.68. The number of hydrogen-bond acceptors (Lipinski definition) is 6. The summed E-state index contributed by atoms with van der Waals surface area (Å²) >= 11 is 0. The fourth-order valence-electron chi connectivity index (χ4n) is 3.35. The number of anilines is 1. The van der Waals surface area contributed by atoms with Crippen LogP contribution in [0.5, 0.6) is 0 Å². The first-order valence-electron chi connectivity index (χ1n) is 10.2. The van der Waals surface area contributed by atoms with Crippen LogP contribution in [0.2, 0.25) is 0 Å². The van der Waals surface area contributed by atoms with Gasteiger partial charge in [-0.25, -0.2) is 13.1 Å². The summed E-state index contributed by atoms with van der Waals surface area (Å²) in [5.74, 6) is -0.344. The molecular weight excluding hydrogens is 446 g/mol. The van der Waals surface area contributed by atoms with Crippen molar-refractivity contribution in [1.82, 2.24) is 9.62 Å². The van der Waals surface area contributed by atoms with Crippen LogP contribution in [-0.4, -0.2) is 31.0 Å². The molecule has 0 atom stereocenters. The van der Waals surface area contributed by atoms with Crippen LogP contribution in [0.25, 0.3) is 0 Å². The SMILES string of the molecule is O=C(Nc1cccc(S(=O)(=O)NCc2ccco2)c1)c1ccc(CN2C(=O)CCC2=O)cc1. The van der Waals surface area contributed by atoms with Gasteiger partial charge in [-0.3, -0.25) is 19.3 Å². The summed E-state index contributed by atoms with van der Waals surface area (Å²) in [5.41, 5.74) is 1.39. The lowest BCUT2D eigenvalue weighted by molar-refractivity contribution is -0.139. The lowest BCUT2D eigenvalue weighted by Crippen LogP contribution is -2.28. The Kier molecular flexibility index (Phi) is 6.38. The van der Waals surface area contributed by atoms with Crippen molar-refractivity contribution in [3.8, 4) is 0 Å². The molecule has 2 aromatic carbocycles. The molecule has 0 saturated carbocycles. The van der Waals surface area contributed by atoms with Crippen molar-refractivity contribution >= 4 is 33.4 Å². The van der Waals surface area contributed by atoms with Gasteiger partial charge in [0.15, 0.2) is 0 Å². The van der Waals surface area contributed by atoms with E-state index in [9.17, 15) is 22.8 Å². The second-order valence-corrected chi connectivity index (χ2v) is 9.22. The third-order valence-corrected chi connectivity index (χ3v) is 6.53. The Balaban J connectivity index is 1.40. The third kappa shape index (κ3) is 5.36. The smallest absolute Gasteiger partial charge is 0.255 e. The maximum absolute atomic E-state index is 12.6. The predicted octanol–water partition coefficient (Wildman–Crippen LogP) is 2.66. The van der Waals surface area contributed by atoms with Gasteiger partial charge in [0.25, 0.3) is 5.91 Å². The standard InChI is InChI=1S/C23H21N3O6S/c27-21-10-11-22(28)26(21)15-16-6-8-17(9-7-16)23(29)25-18-3-1-5-20(13-18)33(30,31)24-14-19-4-2-12-32-19/h1-9,12-13,24H,10-11,14-15H2,(H,25,29). The highest BCUT2D eigenvalue weighted by atomic mass is 32.2. The second kappa shape index (κ2) is 9.39. The largest absolute Gasteiger partial charge is 0.468 e. The molecule has 2 heterocycles. The Labute approximate surface area is 190 Å². The van der Waals surface area contributed by atoms with E-state index in [1.165, 1.54) is 29.4 Å². The molecule has 0 aliphatic carbocycles.